The lowest BCUT2D eigenvalue weighted by molar-refractivity contribution is 0.101. The highest BCUT2D eigenvalue weighted by Gasteiger charge is 2.18. The number of nitrogens with zero attached hydrogens (tertiary/aromatic N) is 4. The molecule has 0 saturated carbocycles. The van der Waals surface area contributed by atoms with Crippen LogP contribution in [0.2, 0.25) is 0 Å². The van der Waals surface area contributed by atoms with Gasteiger partial charge >= 0.3 is 6.03 Å². The number of aromatic amines is 1. The summed E-state index contributed by atoms with van der Waals surface area (Å²) in [6.07, 6.45) is 3.27. The molecule has 0 bridgehead atoms. The summed E-state index contributed by atoms with van der Waals surface area (Å²) in [5.41, 5.74) is 1.99. The van der Waals surface area contributed by atoms with E-state index in [-0.39, 0.29) is 11.8 Å². The molecular formula is C20H23N9O3. The summed E-state index contributed by atoms with van der Waals surface area (Å²) < 4.78 is 5.12. The minimum absolute atomic E-state index is 0.0379. The summed E-state index contributed by atoms with van der Waals surface area (Å²) in [6, 6.07) is 8.19. The molecule has 2 aromatic heterocycles. The van der Waals surface area contributed by atoms with Gasteiger partial charge in [-0.3, -0.25) is 20.2 Å². The van der Waals surface area contributed by atoms with Crippen molar-refractivity contribution in [3.63, 3.8) is 0 Å². The Bertz CT molecular complexity index is 1100. The molecule has 0 radical (unpaired) electrons. The highest BCUT2D eigenvalue weighted by molar-refractivity contribution is 6.04. The summed E-state index contributed by atoms with van der Waals surface area (Å²) in [5, 5.41) is 17.6. The normalized spacial score (nSPS) is 13.3. The molecule has 1 aliphatic heterocycles. The number of ether oxygens (including phenoxy) is 1. The monoisotopic (exact) mass is 437 g/mol. The van der Waals surface area contributed by atoms with E-state index in [1.807, 2.05) is 6.07 Å². The third kappa shape index (κ3) is 5.10. The zero-order valence-corrected chi connectivity index (χ0v) is 17.4. The van der Waals surface area contributed by atoms with Gasteiger partial charge in [-0.2, -0.15) is 4.98 Å². The first-order chi connectivity index (χ1) is 15.6. The third-order valence-electron chi connectivity index (χ3n) is 4.76. The summed E-state index contributed by atoms with van der Waals surface area (Å²) in [4.78, 5) is 35.2. The van der Waals surface area contributed by atoms with Crippen LogP contribution in [0.15, 0.2) is 42.7 Å². The number of urea groups is 1. The Morgan fingerprint density at radius 3 is 2.78 bits per heavy atom. The van der Waals surface area contributed by atoms with Crippen molar-refractivity contribution in [3.05, 3.63) is 48.5 Å². The molecule has 0 unspecified atom stereocenters. The Kier molecular flexibility index (Phi) is 6.41. The van der Waals surface area contributed by atoms with Crippen molar-refractivity contribution in [1.82, 2.24) is 25.5 Å². The lowest BCUT2D eigenvalue weighted by Crippen LogP contribution is -2.43. The minimum atomic E-state index is -0.558. The van der Waals surface area contributed by atoms with Gasteiger partial charge in [0, 0.05) is 44.1 Å². The maximum absolute atomic E-state index is 12.7. The molecule has 3 aromatic rings. The van der Waals surface area contributed by atoms with Crippen molar-refractivity contribution in [1.29, 1.82) is 0 Å². The van der Waals surface area contributed by atoms with Gasteiger partial charge in [-0.1, -0.05) is 6.07 Å². The Morgan fingerprint density at radius 1 is 1.12 bits per heavy atom. The van der Waals surface area contributed by atoms with Crippen LogP contribution in [-0.2, 0) is 0 Å². The first-order valence-electron chi connectivity index (χ1n) is 9.98. The summed E-state index contributed by atoms with van der Waals surface area (Å²) in [5.74, 6) is 0.0271. The van der Waals surface area contributed by atoms with E-state index in [4.69, 9.17) is 4.74 Å². The van der Waals surface area contributed by atoms with E-state index in [1.165, 1.54) is 7.11 Å². The molecule has 32 heavy (non-hydrogen) atoms. The number of H-pyrrole nitrogens is 1. The molecule has 1 fully saturated rings. The molecular weight excluding hydrogens is 414 g/mol. The molecule has 12 nitrogen and oxygen atoms in total. The second kappa shape index (κ2) is 9.75. The second-order valence-electron chi connectivity index (χ2n) is 6.90. The number of hydrogen-bond donors (Lipinski definition) is 5. The minimum Gasteiger partial charge on any atom is -0.497 e. The SMILES string of the molecule is COc1cccc(NC(=O)Nc2n[nH]c(C(=O)Nc3cnccc3N3CCNCC3)n2)c1. The molecule has 0 spiro atoms. The molecule has 4 rings (SSSR count). The average Bonchev–Trinajstić information content (AvgIpc) is 3.28. The van der Waals surface area contributed by atoms with Crippen LogP contribution in [-0.4, -0.2) is 65.4 Å². The topological polar surface area (TPSA) is 149 Å². The number of amides is 3. The van der Waals surface area contributed by atoms with Crippen LogP contribution in [0.25, 0.3) is 0 Å². The average molecular weight is 437 g/mol. The van der Waals surface area contributed by atoms with Gasteiger partial charge in [0.15, 0.2) is 0 Å². The maximum Gasteiger partial charge on any atom is 0.326 e. The number of rotatable bonds is 6. The highest BCUT2D eigenvalue weighted by atomic mass is 16.5. The number of piperazine rings is 1. The number of hydrogen-bond acceptors (Lipinski definition) is 8. The Labute approximate surface area is 183 Å². The van der Waals surface area contributed by atoms with Crippen LogP contribution in [0.3, 0.4) is 0 Å². The number of anilines is 4. The van der Waals surface area contributed by atoms with Crippen molar-refractivity contribution >= 4 is 34.9 Å². The van der Waals surface area contributed by atoms with Gasteiger partial charge in [0.25, 0.3) is 11.9 Å². The Hall–Kier alpha value is -4.19. The molecule has 3 heterocycles. The molecule has 0 aliphatic carbocycles. The molecule has 1 aliphatic rings. The fourth-order valence-electron chi connectivity index (χ4n) is 3.23. The smallest absolute Gasteiger partial charge is 0.326 e. The van der Waals surface area contributed by atoms with E-state index in [0.717, 1.165) is 31.9 Å². The number of methoxy groups -OCH3 is 1. The number of benzene rings is 1. The van der Waals surface area contributed by atoms with Crippen molar-refractivity contribution < 1.29 is 14.3 Å². The molecule has 5 N–H and O–H groups in total. The number of nitrogens with one attached hydrogen (secondary N) is 5. The fraction of sp³-hybridized carbons (Fsp3) is 0.250. The molecule has 166 valence electrons. The van der Waals surface area contributed by atoms with Gasteiger partial charge in [-0.05, 0) is 18.2 Å². The number of aromatic nitrogens is 4. The molecule has 1 saturated heterocycles. The van der Waals surface area contributed by atoms with E-state index in [0.29, 0.717) is 17.1 Å². The fourth-order valence-corrected chi connectivity index (χ4v) is 3.23. The van der Waals surface area contributed by atoms with Crippen molar-refractivity contribution in [3.8, 4) is 5.75 Å². The Morgan fingerprint density at radius 2 is 1.97 bits per heavy atom. The zero-order chi connectivity index (χ0) is 22.3. The molecule has 0 atom stereocenters. The molecule has 1 aromatic carbocycles. The van der Waals surface area contributed by atoms with Crippen molar-refractivity contribution in [2.45, 2.75) is 0 Å². The number of pyridine rings is 1. The summed E-state index contributed by atoms with van der Waals surface area (Å²) in [7, 11) is 1.54. The van der Waals surface area contributed by atoms with E-state index in [9.17, 15) is 9.59 Å². The van der Waals surface area contributed by atoms with Crippen LogP contribution >= 0.6 is 0 Å². The van der Waals surface area contributed by atoms with Gasteiger partial charge < -0.3 is 25.6 Å². The van der Waals surface area contributed by atoms with E-state index < -0.39 is 11.9 Å². The van der Waals surface area contributed by atoms with Gasteiger partial charge in [0.05, 0.1) is 24.7 Å². The lowest BCUT2D eigenvalue weighted by Gasteiger charge is -2.30. The van der Waals surface area contributed by atoms with Crippen LogP contribution in [0.4, 0.5) is 27.8 Å². The van der Waals surface area contributed by atoms with Crippen LogP contribution in [0.1, 0.15) is 10.6 Å². The summed E-state index contributed by atoms with van der Waals surface area (Å²) >= 11 is 0. The van der Waals surface area contributed by atoms with Crippen LogP contribution < -0.4 is 30.9 Å². The molecule has 12 heteroatoms. The Balaban J connectivity index is 1.38. The van der Waals surface area contributed by atoms with Crippen molar-refractivity contribution in [2.24, 2.45) is 0 Å². The quantitative estimate of drug-likeness (QED) is 0.390. The summed E-state index contributed by atoms with van der Waals surface area (Å²) in [6.45, 7) is 3.38. The highest BCUT2D eigenvalue weighted by Crippen LogP contribution is 2.25. The van der Waals surface area contributed by atoms with Crippen LogP contribution in [0, 0.1) is 0 Å². The second-order valence-corrected chi connectivity index (χ2v) is 6.90. The van der Waals surface area contributed by atoms with Gasteiger partial charge in [-0.15, -0.1) is 5.10 Å². The zero-order valence-electron chi connectivity index (χ0n) is 17.4. The maximum atomic E-state index is 12.7. The van der Waals surface area contributed by atoms with E-state index >= 15 is 0 Å². The lowest BCUT2D eigenvalue weighted by atomic mass is 10.2. The van der Waals surface area contributed by atoms with Crippen LogP contribution in [0.5, 0.6) is 5.75 Å². The van der Waals surface area contributed by atoms with Gasteiger partial charge in [-0.25, -0.2) is 4.79 Å². The number of carbonyl (C=O) groups is 2. The molecule has 3 amide bonds. The van der Waals surface area contributed by atoms with E-state index in [1.54, 1.807) is 36.7 Å². The first-order valence-corrected chi connectivity index (χ1v) is 9.98. The predicted octanol–water partition coefficient (Wildman–Crippen LogP) is 1.51. The van der Waals surface area contributed by atoms with Crippen molar-refractivity contribution in [2.75, 3.05) is 54.1 Å². The predicted molar refractivity (Wildman–Crippen MR) is 119 cm³/mol. The third-order valence-corrected chi connectivity index (χ3v) is 4.76. The van der Waals surface area contributed by atoms with Gasteiger partial charge in [0.1, 0.15) is 5.75 Å². The largest absolute Gasteiger partial charge is 0.497 e. The van der Waals surface area contributed by atoms with E-state index in [2.05, 4.69) is 46.3 Å². The first kappa shape index (κ1) is 21.1. The van der Waals surface area contributed by atoms with Gasteiger partial charge in [0.2, 0.25) is 5.82 Å². The standard InChI is InChI=1S/C20H23N9O3/c1-32-14-4-2-3-13(11-14)23-20(31)26-19-25-17(27-28-19)18(30)24-15-12-22-6-5-16(15)29-9-7-21-8-10-29/h2-6,11-12,21H,7-10H2,1H3,(H,24,30)(H3,23,25,26,27,28,31). The number of carbonyl (C=O) groups excluding carboxylic acids is 2.